The second-order valence-corrected chi connectivity index (χ2v) is 5.49. The van der Waals surface area contributed by atoms with Crippen molar-refractivity contribution in [2.24, 2.45) is 0 Å². The summed E-state index contributed by atoms with van der Waals surface area (Å²) in [7, 11) is 0. The van der Waals surface area contributed by atoms with Crippen LogP contribution in [-0.2, 0) is 6.54 Å². The monoisotopic (exact) mass is 342 g/mol. The Morgan fingerprint density at radius 1 is 1.12 bits per heavy atom. The average molecular weight is 342 g/mol. The van der Waals surface area contributed by atoms with Gasteiger partial charge in [0.05, 0.1) is 0 Å². The molecule has 0 atom stereocenters. The lowest BCUT2D eigenvalue weighted by molar-refractivity contribution is 0.0747. The zero-order valence-electron chi connectivity index (χ0n) is 13.6. The second-order valence-electron chi connectivity index (χ2n) is 5.49. The van der Waals surface area contributed by atoms with Crippen molar-refractivity contribution in [1.29, 1.82) is 0 Å². The fraction of sp³-hybridized carbons (Fsp3) is 0.158. The maximum Gasteiger partial charge on any atom is 0.276 e. The van der Waals surface area contributed by atoms with Crippen LogP contribution in [0.15, 0.2) is 59.3 Å². The standard InChI is InChI=1S/C19H16F2N2O2/c1-2-23(11-13-4-3-5-16(21)10-13)19(24)17-18(25-12-22-17)14-6-8-15(20)9-7-14/h3-10,12H,2,11H2,1H3. The molecule has 0 saturated heterocycles. The zero-order chi connectivity index (χ0) is 17.8. The Balaban J connectivity index is 1.87. The molecule has 0 saturated carbocycles. The van der Waals surface area contributed by atoms with Crippen LogP contribution < -0.4 is 0 Å². The lowest BCUT2D eigenvalue weighted by Crippen LogP contribution is -2.31. The normalized spacial score (nSPS) is 10.7. The van der Waals surface area contributed by atoms with Gasteiger partial charge in [0.2, 0.25) is 0 Å². The Kier molecular flexibility index (Phi) is 4.88. The van der Waals surface area contributed by atoms with E-state index in [4.69, 9.17) is 4.42 Å². The first-order valence-corrected chi connectivity index (χ1v) is 7.81. The van der Waals surface area contributed by atoms with Gasteiger partial charge in [-0.3, -0.25) is 4.79 Å². The average Bonchev–Trinajstić information content (AvgIpc) is 3.09. The molecule has 25 heavy (non-hydrogen) atoms. The van der Waals surface area contributed by atoms with Crippen molar-refractivity contribution < 1.29 is 18.0 Å². The summed E-state index contributed by atoms with van der Waals surface area (Å²) in [4.78, 5) is 18.4. The number of hydrogen-bond donors (Lipinski definition) is 0. The first-order chi connectivity index (χ1) is 12.1. The third kappa shape index (κ3) is 3.74. The highest BCUT2D eigenvalue weighted by atomic mass is 19.1. The predicted octanol–water partition coefficient (Wildman–Crippen LogP) is 4.28. The van der Waals surface area contributed by atoms with Crippen molar-refractivity contribution in [3.8, 4) is 11.3 Å². The molecular weight excluding hydrogens is 326 g/mol. The third-order valence-corrected chi connectivity index (χ3v) is 3.81. The van der Waals surface area contributed by atoms with E-state index in [2.05, 4.69) is 4.98 Å². The number of carbonyl (C=O) groups excluding carboxylic acids is 1. The highest BCUT2D eigenvalue weighted by Crippen LogP contribution is 2.25. The van der Waals surface area contributed by atoms with E-state index >= 15 is 0 Å². The molecule has 0 fully saturated rings. The van der Waals surface area contributed by atoms with Crippen molar-refractivity contribution in [2.45, 2.75) is 13.5 Å². The van der Waals surface area contributed by atoms with E-state index < -0.39 is 0 Å². The molecule has 6 heteroatoms. The first-order valence-electron chi connectivity index (χ1n) is 7.81. The summed E-state index contributed by atoms with van der Waals surface area (Å²) < 4.78 is 31.8. The number of hydrogen-bond acceptors (Lipinski definition) is 3. The number of carbonyl (C=O) groups is 1. The molecule has 0 bridgehead atoms. The number of amides is 1. The number of aromatic nitrogens is 1. The maximum absolute atomic E-state index is 13.4. The molecule has 0 radical (unpaired) electrons. The van der Waals surface area contributed by atoms with Crippen molar-refractivity contribution >= 4 is 5.91 Å². The van der Waals surface area contributed by atoms with Crippen molar-refractivity contribution in [2.75, 3.05) is 6.54 Å². The van der Waals surface area contributed by atoms with Gasteiger partial charge in [-0.05, 0) is 48.9 Å². The third-order valence-electron chi connectivity index (χ3n) is 3.81. The van der Waals surface area contributed by atoms with E-state index in [1.54, 1.807) is 17.0 Å². The van der Waals surface area contributed by atoms with E-state index in [-0.39, 0.29) is 35.5 Å². The maximum atomic E-state index is 13.4. The van der Waals surface area contributed by atoms with Gasteiger partial charge in [-0.1, -0.05) is 12.1 Å². The highest BCUT2D eigenvalue weighted by molar-refractivity contribution is 5.97. The van der Waals surface area contributed by atoms with Crippen molar-refractivity contribution in [1.82, 2.24) is 9.88 Å². The molecule has 1 heterocycles. The van der Waals surface area contributed by atoms with Gasteiger partial charge in [-0.2, -0.15) is 0 Å². The van der Waals surface area contributed by atoms with E-state index in [0.717, 1.165) is 0 Å². The van der Waals surface area contributed by atoms with Gasteiger partial charge in [0.25, 0.3) is 5.91 Å². The molecule has 128 valence electrons. The van der Waals surface area contributed by atoms with E-state index in [0.29, 0.717) is 17.7 Å². The van der Waals surface area contributed by atoms with E-state index in [9.17, 15) is 13.6 Å². The van der Waals surface area contributed by atoms with Gasteiger partial charge >= 0.3 is 0 Å². The fourth-order valence-electron chi connectivity index (χ4n) is 2.54. The molecule has 0 N–H and O–H groups in total. The number of oxazole rings is 1. The van der Waals surface area contributed by atoms with Crippen LogP contribution in [0.4, 0.5) is 8.78 Å². The zero-order valence-corrected chi connectivity index (χ0v) is 13.6. The summed E-state index contributed by atoms with van der Waals surface area (Å²) in [5.41, 5.74) is 1.39. The quantitative estimate of drug-likeness (QED) is 0.695. The summed E-state index contributed by atoms with van der Waals surface area (Å²) in [5, 5.41) is 0. The molecule has 0 aliphatic rings. The molecule has 3 aromatic rings. The Labute approximate surface area is 143 Å². The van der Waals surface area contributed by atoms with Crippen LogP contribution >= 0.6 is 0 Å². The molecule has 0 spiro atoms. The van der Waals surface area contributed by atoms with Crippen LogP contribution in [-0.4, -0.2) is 22.3 Å². The molecule has 3 rings (SSSR count). The molecule has 1 amide bonds. The van der Waals surface area contributed by atoms with Crippen LogP contribution in [0.1, 0.15) is 23.0 Å². The number of benzene rings is 2. The summed E-state index contributed by atoms with van der Waals surface area (Å²) in [5.74, 6) is -0.783. The van der Waals surface area contributed by atoms with Crippen LogP contribution in [0.5, 0.6) is 0 Å². The summed E-state index contributed by atoms with van der Waals surface area (Å²) >= 11 is 0. The lowest BCUT2D eigenvalue weighted by Gasteiger charge is -2.20. The van der Waals surface area contributed by atoms with Gasteiger partial charge in [-0.15, -0.1) is 0 Å². The number of nitrogens with zero attached hydrogens (tertiary/aromatic N) is 2. The summed E-state index contributed by atoms with van der Waals surface area (Å²) in [6.45, 7) is 2.50. The minimum Gasteiger partial charge on any atom is -0.443 e. The Morgan fingerprint density at radius 3 is 2.56 bits per heavy atom. The molecule has 0 aliphatic carbocycles. The number of rotatable bonds is 5. The van der Waals surface area contributed by atoms with Crippen molar-refractivity contribution in [3.63, 3.8) is 0 Å². The number of halogens is 2. The van der Waals surface area contributed by atoms with E-state index in [1.165, 1.54) is 42.8 Å². The molecule has 4 nitrogen and oxygen atoms in total. The molecule has 1 aromatic heterocycles. The highest BCUT2D eigenvalue weighted by Gasteiger charge is 2.23. The Bertz CT molecular complexity index is 875. The van der Waals surface area contributed by atoms with Crippen LogP contribution in [0.3, 0.4) is 0 Å². The molecule has 0 unspecified atom stereocenters. The summed E-state index contributed by atoms with van der Waals surface area (Å²) in [6.07, 6.45) is 1.18. The van der Waals surface area contributed by atoms with Gasteiger partial charge in [0.1, 0.15) is 11.6 Å². The van der Waals surface area contributed by atoms with Gasteiger partial charge in [-0.25, -0.2) is 13.8 Å². The minimum absolute atomic E-state index is 0.143. The lowest BCUT2D eigenvalue weighted by atomic mass is 10.1. The largest absolute Gasteiger partial charge is 0.443 e. The SMILES string of the molecule is CCN(Cc1cccc(F)c1)C(=O)c1ncoc1-c1ccc(F)cc1. The smallest absolute Gasteiger partial charge is 0.276 e. The minimum atomic E-state index is -0.377. The molecule has 0 aliphatic heterocycles. The van der Waals surface area contributed by atoms with Crippen LogP contribution in [0, 0.1) is 11.6 Å². The van der Waals surface area contributed by atoms with E-state index in [1.807, 2.05) is 6.92 Å². The fourth-order valence-corrected chi connectivity index (χ4v) is 2.54. The first kappa shape index (κ1) is 16.8. The summed E-state index contributed by atoms with van der Waals surface area (Å²) in [6, 6.07) is 11.7. The van der Waals surface area contributed by atoms with Gasteiger partial charge < -0.3 is 9.32 Å². The molecule has 2 aromatic carbocycles. The Hall–Kier alpha value is -3.02. The van der Waals surface area contributed by atoms with Crippen LogP contribution in [0.2, 0.25) is 0 Å². The second kappa shape index (κ2) is 7.25. The molecular formula is C19H16F2N2O2. The van der Waals surface area contributed by atoms with Gasteiger partial charge in [0.15, 0.2) is 17.8 Å². The van der Waals surface area contributed by atoms with Crippen molar-refractivity contribution in [3.05, 3.63) is 77.8 Å². The van der Waals surface area contributed by atoms with Gasteiger partial charge in [0, 0.05) is 18.7 Å². The topological polar surface area (TPSA) is 46.3 Å². The Morgan fingerprint density at radius 2 is 1.88 bits per heavy atom. The van der Waals surface area contributed by atoms with Crippen LogP contribution in [0.25, 0.3) is 11.3 Å². The predicted molar refractivity (Wildman–Crippen MR) is 88.7 cm³/mol.